The molecule has 0 saturated heterocycles. The van der Waals surface area contributed by atoms with E-state index in [1.165, 1.54) is 19.1 Å². The fourth-order valence-corrected chi connectivity index (χ4v) is 2.88. The van der Waals surface area contributed by atoms with E-state index in [1.54, 1.807) is 6.07 Å². The quantitative estimate of drug-likeness (QED) is 0.810. The van der Waals surface area contributed by atoms with Gasteiger partial charge in [-0.2, -0.15) is 13.2 Å². The zero-order valence-corrected chi connectivity index (χ0v) is 12.1. The second-order valence-electron chi connectivity index (χ2n) is 4.11. The number of hydrogen-bond acceptors (Lipinski definition) is 3. The molecule has 0 heterocycles. The molecule has 0 spiro atoms. The predicted molar refractivity (Wildman–Crippen MR) is 72.9 cm³/mol. The zero-order valence-electron chi connectivity index (χ0n) is 10.5. The van der Waals surface area contributed by atoms with Gasteiger partial charge in [0, 0.05) is 12.1 Å². The third-order valence-electron chi connectivity index (χ3n) is 2.46. The van der Waals surface area contributed by atoms with Crippen molar-refractivity contribution in [1.29, 1.82) is 0 Å². The van der Waals surface area contributed by atoms with E-state index in [4.69, 9.17) is 18.0 Å². The van der Waals surface area contributed by atoms with Crippen molar-refractivity contribution in [2.45, 2.75) is 24.4 Å². The summed E-state index contributed by atoms with van der Waals surface area (Å²) in [6.07, 6.45) is -5.65. The maximum atomic E-state index is 12.0. The fraction of sp³-hybridized carbons (Fsp3) is 0.364. The van der Waals surface area contributed by atoms with Crippen LogP contribution in [0.5, 0.6) is 0 Å². The maximum absolute atomic E-state index is 12.0. The normalized spacial score (nSPS) is 12.4. The maximum Gasteiger partial charge on any atom is 0.390 e. The Morgan fingerprint density at radius 3 is 2.50 bits per heavy atom. The summed E-state index contributed by atoms with van der Waals surface area (Å²) >= 11 is 4.74. The van der Waals surface area contributed by atoms with Crippen molar-refractivity contribution in [3.8, 4) is 0 Å². The summed E-state index contributed by atoms with van der Waals surface area (Å²) in [6, 6.07) is 4.28. The number of hydrogen-bond donors (Lipinski definition) is 2. The standard InChI is InChI=1S/C11H13F3N2O2S2/c1-7-2-3-8(10(15)19)6-9(7)20(17,18)16-5-4-11(12,13)14/h2-3,6,16H,4-5H2,1H3,(H2,15,19). The van der Waals surface area contributed by atoms with Crippen LogP contribution in [0.15, 0.2) is 23.1 Å². The summed E-state index contributed by atoms with van der Waals surface area (Å²) in [6.45, 7) is 0.810. The Morgan fingerprint density at radius 1 is 1.40 bits per heavy atom. The first-order valence-electron chi connectivity index (χ1n) is 5.50. The van der Waals surface area contributed by atoms with Gasteiger partial charge in [0.1, 0.15) is 4.99 Å². The molecule has 0 saturated carbocycles. The molecular weight excluding hydrogens is 313 g/mol. The van der Waals surface area contributed by atoms with Gasteiger partial charge in [0.2, 0.25) is 10.0 Å². The second kappa shape index (κ2) is 6.06. The van der Waals surface area contributed by atoms with Crippen molar-refractivity contribution in [3.05, 3.63) is 29.3 Å². The number of thiocarbonyl (C=S) groups is 1. The van der Waals surface area contributed by atoms with Gasteiger partial charge in [-0.15, -0.1) is 0 Å². The molecule has 1 rings (SSSR count). The van der Waals surface area contributed by atoms with Crippen LogP contribution in [0.3, 0.4) is 0 Å². The molecule has 9 heteroatoms. The number of sulfonamides is 1. The Labute approximate surface area is 120 Å². The van der Waals surface area contributed by atoms with Gasteiger partial charge in [-0.1, -0.05) is 24.4 Å². The van der Waals surface area contributed by atoms with Crippen molar-refractivity contribution in [1.82, 2.24) is 4.72 Å². The van der Waals surface area contributed by atoms with Gasteiger partial charge in [-0.25, -0.2) is 13.1 Å². The van der Waals surface area contributed by atoms with Crippen LogP contribution in [-0.2, 0) is 10.0 Å². The van der Waals surface area contributed by atoms with Crippen LogP contribution in [0, 0.1) is 6.92 Å². The number of alkyl halides is 3. The van der Waals surface area contributed by atoms with Crippen LogP contribution >= 0.6 is 12.2 Å². The van der Waals surface area contributed by atoms with E-state index >= 15 is 0 Å². The summed E-state index contributed by atoms with van der Waals surface area (Å²) in [7, 11) is -4.03. The van der Waals surface area contributed by atoms with Gasteiger partial charge < -0.3 is 5.73 Å². The van der Waals surface area contributed by atoms with E-state index in [-0.39, 0.29) is 9.88 Å². The minimum Gasteiger partial charge on any atom is -0.389 e. The highest BCUT2D eigenvalue weighted by Gasteiger charge is 2.28. The molecule has 0 aliphatic carbocycles. The lowest BCUT2D eigenvalue weighted by Gasteiger charge is -2.11. The minimum atomic E-state index is -4.42. The van der Waals surface area contributed by atoms with Gasteiger partial charge in [-0.3, -0.25) is 0 Å². The first-order valence-corrected chi connectivity index (χ1v) is 7.39. The lowest BCUT2D eigenvalue weighted by Crippen LogP contribution is -2.28. The van der Waals surface area contributed by atoms with Gasteiger partial charge >= 0.3 is 6.18 Å². The molecule has 20 heavy (non-hydrogen) atoms. The van der Waals surface area contributed by atoms with Gasteiger partial charge in [-0.05, 0) is 18.6 Å². The van der Waals surface area contributed by atoms with Gasteiger partial charge in [0.05, 0.1) is 11.3 Å². The highest BCUT2D eigenvalue weighted by Crippen LogP contribution is 2.20. The van der Waals surface area contributed by atoms with Crippen molar-refractivity contribution < 1.29 is 21.6 Å². The molecule has 0 aromatic heterocycles. The molecule has 3 N–H and O–H groups in total. The SMILES string of the molecule is Cc1ccc(C(N)=S)cc1S(=O)(=O)NCCC(F)(F)F. The van der Waals surface area contributed by atoms with Gasteiger partial charge in [0.15, 0.2) is 0 Å². The van der Waals surface area contributed by atoms with E-state index in [9.17, 15) is 21.6 Å². The molecule has 0 aliphatic heterocycles. The lowest BCUT2D eigenvalue weighted by molar-refractivity contribution is -0.132. The first-order chi connectivity index (χ1) is 9.03. The minimum absolute atomic E-state index is 0.0109. The number of halogens is 3. The van der Waals surface area contributed by atoms with Gasteiger partial charge in [0.25, 0.3) is 0 Å². The third-order valence-corrected chi connectivity index (χ3v) is 4.30. The lowest BCUT2D eigenvalue weighted by atomic mass is 10.1. The molecule has 1 aromatic rings. The molecule has 112 valence electrons. The van der Waals surface area contributed by atoms with E-state index in [0.717, 1.165) is 0 Å². The van der Waals surface area contributed by atoms with Crippen LogP contribution in [-0.4, -0.2) is 26.1 Å². The molecular formula is C11H13F3N2O2S2. The summed E-state index contributed by atoms with van der Waals surface area (Å²) in [5.74, 6) is 0. The van der Waals surface area contributed by atoms with E-state index in [2.05, 4.69) is 0 Å². The number of benzene rings is 1. The molecule has 1 aromatic carbocycles. The van der Waals surface area contributed by atoms with Crippen LogP contribution in [0.4, 0.5) is 13.2 Å². The van der Waals surface area contributed by atoms with E-state index in [1.807, 2.05) is 4.72 Å². The Bertz CT molecular complexity index is 613. The Kier molecular flexibility index (Phi) is 5.11. The van der Waals surface area contributed by atoms with E-state index in [0.29, 0.717) is 11.1 Å². The topological polar surface area (TPSA) is 72.2 Å². The summed E-state index contributed by atoms with van der Waals surface area (Å²) in [5, 5.41) is 0. The summed E-state index contributed by atoms with van der Waals surface area (Å²) < 4.78 is 61.9. The van der Waals surface area contributed by atoms with Crippen LogP contribution in [0.25, 0.3) is 0 Å². The highest BCUT2D eigenvalue weighted by molar-refractivity contribution is 7.89. The molecule has 0 bridgehead atoms. The zero-order chi connectivity index (χ0) is 15.6. The molecule has 0 fully saturated rings. The number of nitrogens with one attached hydrogen (secondary N) is 1. The largest absolute Gasteiger partial charge is 0.390 e. The fourth-order valence-electron chi connectivity index (χ4n) is 1.45. The Morgan fingerprint density at radius 2 is 2.00 bits per heavy atom. The van der Waals surface area contributed by atoms with Crippen LogP contribution < -0.4 is 10.5 Å². The number of nitrogens with two attached hydrogens (primary N) is 1. The smallest absolute Gasteiger partial charge is 0.389 e. The average Bonchev–Trinajstić information content (AvgIpc) is 2.26. The Balaban J connectivity index is 2.97. The molecule has 0 unspecified atom stereocenters. The van der Waals surface area contributed by atoms with E-state index < -0.39 is 29.2 Å². The highest BCUT2D eigenvalue weighted by atomic mass is 32.2. The Hall–Kier alpha value is -1.19. The molecule has 0 aliphatic rings. The van der Waals surface area contributed by atoms with Crippen LogP contribution in [0.1, 0.15) is 17.5 Å². The van der Waals surface area contributed by atoms with Crippen molar-refractivity contribution in [2.24, 2.45) is 5.73 Å². The second-order valence-corrected chi connectivity index (χ2v) is 6.28. The molecule has 4 nitrogen and oxygen atoms in total. The predicted octanol–water partition coefficient (Wildman–Crippen LogP) is 1.86. The molecule has 0 radical (unpaired) electrons. The average molecular weight is 326 g/mol. The monoisotopic (exact) mass is 326 g/mol. The molecule has 0 amide bonds. The number of aryl methyl sites for hydroxylation is 1. The van der Waals surface area contributed by atoms with Crippen LogP contribution in [0.2, 0.25) is 0 Å². The number of rotatable bonds is 5. The molecule has 0 atom stereocenters. The van der Waals surface area contributed by atoms with Crippen molar-refractivity contribution in [2.75, 3.05) is 6.54 Å². The van der Waals surface area contributed by atoms with Crippen molar-refractivity contribution in [3.63, 3.8) is 0 Å². The first kappa shape index (κ1) is 16.9. The van der Waals surface area contributed by atoms with Crippen molar-refractivity contribution >= 4 is 27.2 Å². The third kappa shape index (κ3) is 4.73. The summed E-state index contributed by atoms with van der Waals surface area (Å²) in [5.41, 5.74) is 6.13. The summed E-state index contributed by atoms with van der Waals surface area (Å²) in [4.78, 5) is -0.123.